The normalized spacial score (nSPS) is 22.4. The summed E-state index contributed by atoms with van der Waals surface area (Å²) >= 11 is 0. The van der Waals surface area contributed by atoms with Gasteiger partial charge in [0.2, 0.25) is 0 Å². The van der Waals surface area contributed by atoms with Crippen LogP contribution in [0.4, 0.5) is 0 Å². The SMILES string of the molecule is CCC(C)N(C)CC(C)OCC(C)N1CCCCC1. The third kappa shape index (κ3) is 6.24. The maximum atomic E-state index is 6.04. The van der Waals surface area contributed by atoms with Crippen molar-refractivity contribution in [2.24, 2.45) is 0 Å². The monoisotopic (exact) mass is 270 g/mol. The van der Waals surface area contributed by atoms with E-state index in [9.17, 15) is 0 Å². The largest absolute Gasteiger partial charge is 0.376 e. The lowest BCUT2D eigenvalue weighted by molar-refractivity contribution is -0.000651. The molecule has 0 aromatic rings. The highest BCUT2D eigenvalue weighted by molar-refractivity contribution is 4.72. The standard InChI is InChI=1S/C16H34N2O/c1-6-14(2)17(5)12-16(4)19-13-15(3)18-10-8-7-9-11-18/h14-16H,6-13H2,1-5H3. The predicted octanol–water partition coefficient (Wildman–Crippen LogP) is 3.00. The van der Waals surface area contributed by atoms with Crippen molar-refractivity contribution in [1.29, 1.82) is 0 Å². The van der Waals surface area contributed by atoms with E-state index in [0.29, 0.717) is 18.2 Å². The molecule has 19 heavy (non-hydrogen) atoms. The zero-order valence-electron chi connectivity index (χ0n) is 13.7. The van der Waals surface area contributed by atoms with E-state index >= 15 is 0 Å². The first kappa shape index (κ1) is 16.9. The lowest BCUT2D eigenvalue weighted by Crippen LogP contribution is -2.42. The number of nitrogens with zero attached hydrogens (tertiary/aromatic N) is 2. The fourth-order valence-corrected chi connectivity index (χ4v) is 2.72. The molecule has 0 aromatic heterocycles. The molecule has 1 aliphatic rings. The van der Waals surface area contributed by atoms with Gasteiger partial charge in [-0.1, -0.05) is 13.3 Å². The van der Waals surface area contributed by atoms with Crippen LogP contribution in [0, 0.1) is 0 Å². The van der Waals surface area contributed by atoms with Gasteiger partial charge in [-0.05, 0) is 60.2 Å². The van der Waals surface area contributed by atoms with Gasteiger partial charge in [0.25, 0.3) is 0 Å². The molecule has 0 aliphatic carbocycles. The first-order valence-corrected chi connectivity index (χ1v) is 8.10. The van der Waals surface area contributed by atoms with Crippen LogP contribution in [-0.4, -0.2) is 61.3 Å². The average Bonchev–Trinajstić information content (AvgIpc) is 2.44. The molecule has 0 amide bonds. The van der Waals surface area contributed by atoms with Crippen LogP contribution in [0.1, 0.15) is 53.4 Å². The molecule has 0 saturated carbocycles. The Labute approximate surface area is 120 Å². The molecule has 3 nitrogen and oxygen atoms in total. The molecule has 1 rings (SSSR count). The van der Waals surface area contributed by atoms with Crippen molar-refractivity contribution in [3.63, 3.8) is 0 Å². The summed E-state index contributed by atoms with van der Waals surface area (Å²) in [5, 5.41) is 0. The molecule has 1 fully saturated rings. The van der Waals surface area contributed by atoms with Gasteiger partial charge in [0.05, 0.1) is 12.7 Å². The quantitative estimate of drug-likeness (QED) is 0.674. The van der Waals surface area contributed by atoms with Gasteiger partial charge in [-0.25, -0.2) is 0 Å². The smallest absolute Gasteiger partial charge is 0.0674 e. The summed E-state index contributed by atoms with van der Waals surface area (Å²) in [6.45, 7) is 13.4. The summed E-state index contributed by atoms with van der Waals surface area (Å²) in [6.07, 6.45) is 5.65. The van der Waals surface area contributed by atoms with E-state index in [1.54, 1.807) is 0 Å². The summed E-state index contributed by atoms with van der Waals surface area (Å²) in [7, 11) is 2.20. The number of ether oxygens (including phenoxy) is 1. The zero-order valence-corrected chi connectivity index (χ0v) is 13.7. The molecule has 0 radical (unpaired) electrons. The van der Waals surface area contributed by atoms with E-state index in [1.807, 2.05) is 0 Å². The van der Waals surface area contributed by atoms with Crippen LogP contribution >= 0.6 is 0 Å². The molecule has 1 aliphatic heterocycles. The number of piperidine rings is 1. The first-order valence-electron chi connectivity index (χ1n) is 8.10. The molecule has 0 N–H and O–H groups in total. The molecule has 0 aromatic carbocycles. The minimum absolute atomic E-state index is 0.325. The molecule has 0 bridgehead atoms. The Morgan fingerprint density at radius 2 is 1.74 bits per heavy atom. The van der Waals surface area contributed by atoms with Crippen LogP contribution in [0.2, 0.25) is 0 Å². The Morgan fingerprint density at radius 1 is 1.11 bits per heavy atom. The summed E-state index contributed by atoms with van der Waals surface area (Å²) in [6, 6.07) is 1.21. The van der Waals surface area contributed by atoms with Crippen molar-refractivity contribution in [1.82, 2.24) is 9.80 Å². The number of hydrogen-bond acceptors (Lipinski definition) is 3. The van der Waals surface area contributed by atoms with Crippen LogP contribution in [0.15, 0.2) is 0 Å². The van der Waals surface area contributed by atoms with Crippen molar-refractivity contribution in [2.75, 3.05) is 33.3 Å². The van der Waals surface area contributed by atoms with Crippen LogP contribution in [0.25, 0.3) is 0 Å². The first-order chi connectivity index (χ1) is 9.04. The van der Waals surface area contributed by atoms with Gasteiger partial charge in [0, 0.05) is 18.6 Å². The van der Waals surface area contributed by atoms with E-state index < -0.39 is 0 Å². The van der Waals surface area contributed by atoms with Gasteiger partial charge in [-0.15, -0.1) is 0 Å². The Balaban J connectivity index is 2.19. The van der Waals surface area contributed by atoms with Crippen molar-refractivity contribution in [3.8, 4) is 0 Å². The number of rotatable bonds is 8. The van der Waals surface area contributed by atoms with E-state index in [-0.39, 0.29) is 0 Å². The zero-order chi connectivity index (χ0) is 14.3. The maximum absolute atomic E-state index is 6.04. The van der Waals surface area contributed by atoms with Crippen molar-refractivity contribution in [3.05, 3.63) is 0 Å². The van der Waals surface area contributed by atoms with E-state index in [2.05, 4.69) is 44.5 Å². The molecule has 1 saturated heterocycles. The van der Waals surface area contributed by atoms with Crippen LogP contribution < -0.4 is 0 Å². The fourth-order valence-electron chi connectivity index (χ4n) is 2.72. The van der Waals surface area contributed by atoms with Gasteiger partial charge in [0.15, 0.2) is 0 Å². The van der Waals surface area contributed by atoms with E-state index in [0.717, 1.165) is 13.2 Å². The topological polar surface area (TPSA) is 15.7 Å². The summed E-state index contributed by atoms with van der Waals surface area (Å²) < 4.78 is 6.04. The van der Waals surface area contributed by atoms with Gasteiger partial charge >= 0.3 is 0 Å². The second-order valence-electron chi connectivity index (χ2n) is 6.29. The second-order valence-corrected chi connectivity index (χ2v) is 6.29. The highest BCUT2D eigenvalue weighted by atomic mass is 16.5. The maximum Gasteiger partial charge on any atom is 0.0674 e. The molecular formula is C16H34N2O. The average molecular weight is 270 g/mol. The molecule has 114 valence electrons. The van der Waals surface area contributed by atoms with Crippen LogP contribution in [-0.2, 0) is 4.74 Å². The van der Waals surface area contributed by atoms with Crippen molar-refractivity contribution < 1.29 is 4.74 Å². The predicted molar refractivity (Wildman–Crippen MR) is 82.7 cm³/mol. The van der Waals surface area contributed by atoms with E-state index in [1.165, 1.54) is 38.8 Å². The Hall–Kier alpha value is -0.120. The Morgan fingerprint density at radius 3 is 2.32 bits per heavy atom. The summed E-state index contributed by atoms with van der Waals surface area (Å²) in [4.78, 5) is 4.98. The highest BCUT2D eigenvalue weighted by Gasteiger charge is 2.18. The minimum Gasteiger partial charge on any atom is -0.376 e. The number of hydrogen-bond donors (Lipinski definition) is 0. The third-order valence-corrected chi connectivity index (χ3v) is 4.52. The number of likely N-dealkylation sites (N-methyl/N-ethyl adjacent to an activating group) is 1. The van der Waals surface area contributed by atoms with Gasteiger partial charge in [-0.3, -0.25) is 4.90 Å². The number of likely N-dealkylation sites (tertiary alicyclic amines) is 1. The third-order valence-electron chi connectivity index (χ3n) is 4.52. The summed E-state index contributed by atoms with van der Waals surface area (Å²) in [5.74, 6) is 0. The molecule has 3 atom stereocenters. The lowest BCUT2D eigenvalue weighted by atomic mass is 10.1. The summed E-state index contributed by atoms with van der Waals surface area (Å²) in [5.41, 5.74) is 0. The molecule has 3 unspecified atom stereocenters. The van der Waals surface area contributed by atoms with Crippen molar-refractivity contribution >= 4 is 0 Å². The Kier molecular flexibility index (Phi) is 7.96. The highest BCUT2D eigenvalue weighted by Crippen LogP contribution is 2.13. The van der Waals surface area contributed by atoms with Gasteiger partial charge in [-0.2, -0.15) is 0 Å². The lowest BCUT2D eigenvalue weighted by Gasteiger charge is -2.33. The van der Waals surface area contributed by atoms with Gasteiger partial charge < -0.3 is 9.64 Å². The van der Waals surface area contributed by atoms with Crippen LogP contribution in [0.3, 0.4) is 0 Å². The van der Waals surface area contributed by atoms with Gasteiger partial charge in [0.1, 0.15) is 0 Å². The van der Waals surface area contributed by atoms with E-state index in [4.69, 9.17) is 4.74 Å². The van der Waals surface area contributed by atoms with Crippen molar-refractivity contribution in [2.45, 2.75) is 71.6 Å². The minimum atomic E-state index is 0.325. The molecular weight excluding hydrogens is 236 g/mol. The second kappa shape index (κ2) is 8.93. The fraction of sp³-hybridized carbons (Fsp3) is 1.00. The molecule has 3 heteroatoms. The Bertz CT molecular complexity index is 229. The molecule has 0 spiro atoms. The molecule has 1 heterocycles. The van der Waals surface area contributed by atoms with Crippen LogP contribution in [0.5, 0.6) is 0 Å².